The van der Waals surface area contributed by atoms with Crippen molar-refractivity contribution in [2.45, 2.75) is 18.8 Å². The number of carbonyl (C=O) groups excluding carboxylic acids is 1. The van der Waals surface area contributed by atoms with Gasteiger partial charge in [-0.3, -0.25) is 0 Å². The number of morpholine rings is 1. The first-order valence-electron chi connectivity index (χ1n) is 6.90. The van der Waals surface area contributed by atoms with Crippen LogP contribution in [0.15, 0.2) is 24.3 Å². The van der Waals surface area contributed by atoms with Crippen LogP contribution in [0.2, 0.25) is 0 Å². The maximum Gasteiger partial charge on any atom is 0.416 e. The van der Waals surface area contributed by atoms with E-state index in [1.54, 1.807) is 4.90 Å². The van der Waals surface area contributed by atoms with E-state index in [1.807, 2.05) is 0 Å². The molecule has 0 saturated carbocycles. The lowest BCUT2D eigenvalue weighted by Crippen LogP contribution is -2.51. The van der Waals surface area contributed by atoms with Crippen molar-refractivity contribution in [1.82, 2.24) is 10.2 Å². The average Bonchev–Trinajstić information content (AvgIpc) is 2.52. The van der Waals surface area contributed by atoms with E-state index in [2.05, 4.69) is 5.32 Å². The Morgan fingerprint density at radius 1 is 1.45 bits per heavy atom. The van der Waals surface area contributed by atoms with Crippen molar-refractivity contribution >= 4 is 6.03 Å². The summed E-state index contributed by atoms with van der Waals surface area (Å²) in [5, 5.41) is 2.62. The van der Waals surface area contributed by atoms with E-state index in [0.29, 0.717) is 31.8 Å². The lowest BCUT2D eigenvalue weighted by Gasteiger charge is -2.32. The van der Waals surface area contributed by atoms with Gasteiger partial charge >= 0.3 is 12.2 Å². The van der Waals surface area contributed by atoms with Gasteiger partial charge in [0.25, 0.3) is 0 Å². The number of halogens is 3. The third-order valence-electron chi connectivity index (χ3n) is 3.39. The molecule has 1 aliphatic rings. The lowest BCUT2D eigenvalue weighted by atomic mass is 10.1. The normalized spacial score (nSPS) is 19.1. The fourth-order valence-electron chi connectivity index (χ4n) is 2.19. The number of carbonyl (C=O) groups is 1. The minimum Gasteiger partial charge on any atom is -0.373 e. The van der Waals surface area contributed by atoms with Gasteiger partial charge in [-0.15, -0.1) is 0 Å². The van der Waals surface area contributed by atoms with Crippen LogP contribution in [0.1, 0.15) is 11.1 Å². The number of hydrogen-bond donors (Lipinski definition) is 2. The molecule has 0 aliphatic carbocycles. The summed E-state index contributed by atoms with van der Waals surface area (Å²) in [6.07, 6.45) is -4.59. The zero-order chi connectivity index (χ0) is 16.2. The topological polar surface area (TPSA) is 67.6 Å². The van der Waals surface area contributed by atoms with E-state index in [-0.39, 0.29) is 18.7 Å². The van der Waals surface area contributed by atoms with Gasteiger partial charge in [0.1, 0.15) is 0 Å². The third-order valence-corrected chi connectivity index (χ3v) is 3.39. The number of amides is 2. The highest BCUT2D eigenvalue weighted by Crippen LogP contribution is 2.29. The van der Waals surface area contributed by atoms with Gasteiger partial charge in [0.05, 0.1) is 18.3 Å². The summed E-state index contributed by atoms with van der Waals surface area (Å²) in [6.45, 7) is 1.57. The van der Waals surface area contributed by atoms with Crippen LogP contribution in [0.4, 0.5) is 18.0 Å². The molecule has 2 rings (SSSR count). The molecule has 0 unspecified atom stereocenters. The first-order chi connectivity index (χ1) is 10.4. The smallest absolute Gasteiger partial charge is 0.373 e. The summed E-state index contributed by atoms with van der Waals surface area (Å²) in [4.78, 5) is 13.6. The quantitative estimate of drug-likeness (QED) is 0.889. The molecule has 1 aromatic rings. The van der Waals surface area contributed by atoms with Crippen molar-refractivity contribution < 1.29 is 22.7 Å². The Morgan fingerprint density at radius 2 is 2.23 bits per heavy atom. The Labute approximate surface area is 126 Å². The average molecular weight is 317 g/mol. The molecular formula is C14H18F3N3O2. The molecule has 2 amide bonds. The zero-order valence-corrected chi connectivity index (χ0v) is 11.9. The molecule has 1 aromatic carbocycles. The molecule has 0 bridgehead atoms. The summed E-state index contributed by atoms with van der Waals surface area (Å²) in [6, 6.07) is 4.56. The molecule has 1 fully saturated rings. The minimum atomic E-state index is -4.39. The molecule has 1 heterocycles. The van der Waals surface area contributed by atoms with Crippen molar-refractivity contribution in [3.05, 3.63) is 35.4 Å². The number of benzene rings is 1. The van der Waals surface area contributed by atoms with Crippen LogP contribution in [-0.4, -0.2) is 43.3 Å². The molecule has 8 heteroatoms. The number of nitrogens with zero attached hydrogens (tertiary/aromatic N) is 1. The number of hydrogen-bond acceptors (Lipinski definition) is 3. The second-order valence-electron chi connectivity index (χ2n) is 5.03. The Bertz CT molecular complexity index is 522. The molecule has 0 aromatic heterocycles. The van der Waals surface area contributed by atoms with Gasteiger partial charge in [-0.1, -0.05) is 12.1 Å². The Kier molecular flexibility index (Phi) is 5.25. The van der Waals surface area contributed by atoms with Crippen molar-refractivity contribution in [2.75, 3.05) is 26.2 Å². The summed E-state index contributed by atoms with van der Waals surface area (Å²) < 4.78 is 43.2. The number of nitrogens with two attached hydrogens (primary N) is 1. The molecule has 0 spiro atoms. The highest BCUT2D eigenvalue weighted by atomic mass is 19.4. The van der Waals surface area contributed by atoms with Crippen LogP contribution in [0.5, 0.6) is 0 Å². The fourth-order valence-corrected chi connectivity index (χ4v) is 2.19. The van der Waals surface area contributed by atoms with Gasteiger partial charge in [0.2, 0.25) is 0 Å². The van der Waals surface area contributed by atoms with E-state index in [4.69, 9.17) is 10.5 Å². The minimum absolute atomic E-state index is 0.0351. The number of rotatable bonds is 3. The maximum atomic E-state index is 12.6. The molecule has 1 atom stereocenters. The monoisotopic (exact) mass is 317 g/mol. The Morgan fingerprint density at radius 3 is 2.91 bits per heavy atom. The molecule has 5 nitrogen and oxygen atoms in total. The van der Waals surface area contributed by atoms with Gasteiger partial charge < -0.3 is 20.7 Å². The second-order valence-corrected chi connectivity index (χ2v) is 5.03. The summed E-state index contributed by atoms with van der Waals surface area (Å²) in [5.74, 6) is 0. The van der Waals surface area contributed by atoms with E-state index >= 15 is 0 Å². The molecular weight excluding hydrogens is 299 g/mol. The van der Waals surface area contributed by atoms with Crippen LogP contribution in [0.3, 0.4) is 0 Å². The zero-order valence-electron chi connectivity index (χ0n) is 11.9. The summed E-state index contributed by atoms with van der Waals surface area (Å²) >= 11 is 0. The van der Waals surface area contributed by atoms with E-state index in [9.17, 15) is 18.0 Å². The SMILES string of the molecule is NC[C@@H]1CN(C(=O)NCc2cccc(C(F)(F)F)c2)CCO1. The number of alkyl halides is 3. The Hall–Kier alpha value is -1.80. The molecule has 3 N–H and O–H groups in total. The Balaban J connectivity index is 1.91. The van der Waals surface area contributed by atoms with Crippen molar-refractivity contribution in [1.29, 1.82) is 0 Å². The first-order valence-corrected chi connectivity index (χ1v) is 6.90. The van der Waals surface area contributed by atoms with Crippen LogP contribution < -0.4 is 11.1 Å². The van der Waals surface area contributed by atoms with Crippen LogP contribution in [-0.2, 0) is 17.5 Å². The molecule has 1 aliphatic heterocycles. The van der Waals surface area contributed by atoms with Gasteiger partial charge in [0.15, 0.2) is 0 Å². The largest absolute Gasteiger partial charge is 0.416 e. The van der Waals surface area contributed by atoms with Crippen LogP contribution in [0.25, 0.3) is 0 Å². The van der Waals surface area contributed by atoms with Crippen LogP contribution >= 0.6 is 0 Å². The number of ether oxygens (including phenoxy) is 1. The van der Waals surface area contributed by atoms with Crippen molar-refractivity contribution in [3.8, 4) is 0 Å². The molecule has 122 valence electrons. The van der Waals surface area contributed by atoms with Crippen LogP contribution in [0, 0.1) is 0 Å². The highest BCUT2D eigenvalue weighted by molar-refractivity contribution is 5.74. The molecule has 1 saturated heterocycles. The first kappa shape index (κ1) is 16.6. The molecule has 22 heavy (non-hydrogen) atoms. The summed E-state index contributed by atoms with van der Waals surface area (Å²) in [5.41, 5.74) is 5.17. The maximum absolute atomic E-state index is 12.6. The highest BCUT2D eigenvalue weighted by Gasteiger charge is 2.30. The van der Waals surface area contributed by atoms with E-state index in [0.717, 1.165) is 12.1 Å². The van der Waals surface area contributed by atoms with Gasteiger partial charge in [-0.25, -0.2) is 4.79 Å². The molecule has 0 radical (unpaired) electrons. The van der Waals surface area contributed by atoms with E-state index in [1.165, 1.54) is 12.1 Å². The standard InChI is InChI=1S/C14H18F3N3O2/c15-14(16,17)11-3-1-2-10(6-11)8-19-13(21)20-4-5-22-12(7-18)9-20/h1-3,6,12H,4-5,7-9,18H2,(H,19,21)/t12-/m1/s1. The lowest BCUT2D eigenvalue weighted by molar-refractivity contribution is -0.137. The number of urea groups is 1. The third kappa shape index (κ3) is 4.35. The fraction of sp³-hybridized carbons (Fsp3) is 0.500. The summed E-state index contributed by atoms with van der Waals surface area (Å²) in [7, 11) is 0. The van der Waals surface area contributed by atoms with Crippen molar-refractivity contribution in [2.24, 2.45) is 5.73 Å². The predicted molar refractivity (Wildman–Crippen MR) is 74.0 cm³/mol. The second kappa shape index (κ2) is 6.97. The van der Waals surface area contributed by atoms with E-state index < -0.39 is 11.7 Å². The van der Waals surface area contributed by atoms with Crippen molar-refractivity contribution in [3.63, 3.8) is 0 Å². The predicted octanol–water partition coefficient (Wildman–Crippen LogP) is 1.57. The van der Waals surface area contributed by atoms with Gasteiger partial charge in [-0.2, -0.15) is 13.2 Å². The van der Waals surface area contributed by atoms with Gasteiger partial charge in [0, 0.05) is 26.2 Å². The van der Waals surface area contributed by atoms with Gasteiger partial charge in [-0.05, 0) is 17.7 Å². The number of nitrogens with one attached hydrogen (secondary N) is 1.